The van der Waals surface area contributed by atoms with Gasteiger partial charge in [0, 0.05) is 0 Å². The van der Waals surface area contributed by atoms with E-state index in [0.717, 1.165) is 6.42 Å². The van der Waals surface area contributed by atoms with Crippen LogP contribution in [0.15, 0.2) is 12.2 Å². The zero-order valence-electron chi connectivity index (χ0n) is 6.17. The monoisotopic (exact) mass is 127 g/mol. The van der Waals surface area contributed by atoms with E-state index in [1.165, 1.54) is 0 Å². The number of aliphatic hydroxyl groups excluding tert-OH is 1. The molecule has 0 aliphatic carbocycles. The molecule has 1 unspecified atom stereocenters. The molecule has 0 bridgehead atoms. The molecular formula is C8H15O. The molecule has 1 atom stereocenters. The normalized spacial score (nSPS) is 15.2. The second kappa shape index (κ2) is 4.57. The molecule has 0 aliphatic heterocycles. The van der Waals surface area contributed by atoms with Gasteiger partial charge in [-0.15, -0.1) is 0 Å². The lowest BCUT2D eigenvalue weighted by molar-refractivity contribution is 0.172. The first-order chi connectivity index (χ1) is 4.18. The largest absolute Gasteiger partial charge is 0.389 e. The van der Waals surface area contributed by atoms with Gasteiger partial charge in [0.05, 0.1) is 6.10 Å². The van der Waals surface area contributed by atoms with Gasteiger partial charge in [-0.3, -0.25) is 0 Å². The lowest BCUT2D eigenvalue weighted by Gasteiger charge is -2.07. The van der Waals surface area contributed by atoms with Gasteiger partial charge in [-0.25, -0.2) is 0 Å². The molecule has 0 aliphatic rings. The van der Waals surface area contributed by atoms with E-state index < -0.39 is 0 Å². The van der Waals surface area contributed by atoms with Crippen LogP contribution in [0.2, 0.25) is 0 Å². The number of hydrogen-bond acceptors (Lipinski definition) is 1. The summed E-state index contributed by atoms with van der Waals surface area (Å²) in [5.74, 6) is 0.313. The maximum atomic E-state index is 9.14. The van der Waals surface area contributed by atoms with Crippen LogP contribution in [0.4, 0.5) is 0 Å². The van der Waals surface area contributed by atoms with Crippen LogP contribution < -0.4 is 0 Å². The first-order valence-electron chi connectivity index (χ1n) is 3.32. The zero-order valence-corrected chi connectivity index (χ0v) is 6.17. The lowest BCUT2D eigenvalue weighted by Crippen LogP contribution is -2.10. The van der Waals surface area contributed by atoms with Gasteiger partial charge in [0.25, 0.3) is 0 Å². The number of aliphatic hydroxyl groups is 1. The molecule has 1 nitrogen and oxygen atoms in total. The molecule has 53 valence electrons. The van der Waals surface area contributed by atoms with E-state index in [-0.39, 0.29) is 6.10 Å². The fourth-order valence-electron chi connectivity index (χ4n) is 0.458. The molecular weight excluding hydrogens is 112 g/mol. The summed E-state index contributed by atoms with van der Waals surface area (Å²) < 4.78 is 0. The Morgan fingerprint density at radius 1 is 1.56 bits per heavy atom. The molecule has 0 aromatic rings. The quantitative estimate of drug-likeness (QED) is 0.573. The van der Waals surface area contributed by atoms with Crippen molar-refractivity contribution in [2.75, 3.05) is 0 Å². The van der Waals surface area contributed by atoms with Gasteiger partial charge in [0.15, 0.2) is 0 Å². The van der Waals surface area contributed by atoms with Crippen LogP contribution in [0.1, 0.15) is 20.3 Å². The molecule has 0 amide bonds. The summed E-state index contributed by atoms with van der Waals surface area (Å²) in [6, 6.07) is 0. The third kappa shape index (κ3) is 4.22. The summed E-state index contributed by atoms with van der Waals surface area (Å²) in [5, 5.41) is 9.14. The zero-order chi connectivity index (χ0) is 7.28. The Kier molecular flexibility index (Phi) is 4.41. The highest BCUT2D eigenvalue weighted by molar-refractivity contribution is 4.90. The Balaban J connectivity index is 3.48. The van der Waals surface area contributed by atoms with Crippen LogP contribution >= 0.6 is 0 Å². The molecule has 0 rings (SSSR count). The predicted octanol–water partition coefficient (Wildman–Crippen LogP) is 1.78. The number of hydrogen-bond donors (Lipinski definition) is 1. The molecule has 0 heterocycles. The number of rotatable bonds is 3. The standard InChI is InChI=1S/C8H15O/c1-4-5-6-8(9)7(2)3/h5-9H,1,4H2,2-3H3/b6-5+. The Bertz CT molecular complexity index is 84.6. The first-order valence-corrected chi connectivity index (χ1v) is 3.32. The summed E-state index contributed by atoms with van der Waals surface area (Å²) in [7, 11) is 0. The minimum atomic E-state index is -0.299. The van der Waals surface area contributed by atoms with Crippen LogP contribution in [-0.4, -0.2) is 11.2 Å². The van der Waals surface area contributed by atoms with Crippen molar-refractivity contribution in [1.82, 2.24) is 0 Å². The maximum absolute atomic E-state index is 9.14. The third-order valence-electron chi connectivity index (χ3n) is 1.18. The van der Waals surface area contributed by atoms with Crippen LogP contribution in [0, 0.1) is 12.8 Å². The van der Waals surface area contributed by atoms with Crippen molar-refractivity contribution in [3.05, 3.63) is 19.1 Å². The predicted molar refractivity (Wildman–Crippen MR) is 40.0 cm³/mol. The van der Waals surface area contributed by atoms with E-state index in [2.05, 4.69) is 6.92 Å². The number of allylic oxidation sites excluding steroid dienone is 1. The van der Waals surface area contributed by atoms with E-state index in [0.29, 0.717) is 5.92 Å². The Morgan fingerprint density at radius 2 is 2.11 bits per heavy atom. The van der Waals surface area contributed by atoms with Crippen molar-refractivity contribution in [1.29, 1.82) is 0 Å². The molecule has 0 saturated carbocycles. The highest BCUT2D eigenvalue weighted by Gasteiger charge is 2.01. The summed E-state index contributed by atoms with van der Waals surface area (Å²) in [5.41, 5.74) is 0. The van der Waals surface area contributed by atoms with Gasteiger partial charge in [-0.1, -0.05) is 26.0 Å². The second-order valence-corrected chi connectivity index (χ2v) is 2.45. The highest BCUT2D eigenvalue weighted by atomic mass is 16.3. The molecule has 0 aromatic carbocycles. The molecule has 1 radical (unpaired) electrons. The Morgan fingerprint density at radius 3 is 2.44 bits per heavy atom. The SMILES string of the molecule is [CH2]C/C=C/C(O)C(C)C. The van der Waals surface area contributed by atoms with Crippen LogP contribution in [0.3, 0.4) is 0 Å². The Labute approximate surface area is 57.4 Å². The fraction of sp³-hybridized carbons (Fsp3) is 0.625. The second-order valence-electron chi connectivity index (χ2n) is 2.45. The maximum Gasteiger partial charge on any atom is 0.0743 e. The smallest absolute Gasteiger partial charge is 0.0743 e. The van der Waals surface area contributed by atoms with Crippen molar-refractivity contribution in [3.63, 3.8) is 0 Å². The van der Waals surface area contributed by atoms with E-state index in [9.17, 15) is 0 Å². The summed E-state index contributed by atoms with van der Waals surface area (Å²) >= 11 is 0. The molecule has 0 fully saturated rings. The van der Waals surface area contributed by atoms with Gasteiger partial charge in [0.1, 0.15) is 0 Å². The molecule has 9 heavy (non-hydrogen) atoms. The van der Waals surface area contributed by atoms with E-state index in [1.54, 1.807) is 6.08 Å². The van der Waals surface area contributed by atoms with Crippen LogP contribution in [0.25, 0.3) is 0 Å². The van der Waals surface area contributed by atoms with Crippen molar-refractivity contribution in [2.24, 2.45) is 5.92 Å². The van der Waals surface area contributed by atoms with E-state index in [1.807, 2.05) is 19.9 Å². The average Bonchev–Trinajstić information content (AvgIpc) is 1.82. The molecule has 1 heteroatoms. The van der Waals surface area contributed by atoms with Crippen LogP contribution in [-0.2, 0) is 0 Å². The summed E-state index contributed by atoms with van der Waals surface area (Å²) in [6.07, 6.45) is 4.12. The minimum Gasteiger partial charge on any atom is -0.389 e. The molecule has 1 N–H and O–H groups in total. The van der Waals surface area contributed by atoms with Gasteiger partial charge in [-0.05, 0) is 19.3 Å². The van der Waals surface area contributed by atoms with Crippen molar-refractivity contribution in [3.8, 4) is 0 Å². The topological polar surface area (TPSA) is 20.2 Å². The van der Waals surface area contributed by atoms with Crippen molar-refractivity contribution >= 4 is 0 Å². The van der Waals surface area contributed by atoms with Crippen molar-refractivity contribution in [2.45, 2.75) is 26.4 Å². The van der Waals surface area contributed by atoms with Gasteiger partial charge in [-0.2, -0.15) is 0 Å². The van der Waals surface area contributed by atoms with E-state index in [4.69, 9.17) is 5.11 Å². The molecule has 0 aromatic heterocycles. The van der Waals surface area contributed by atoms with Crippen LogP contribution in [0.5, 0.6) is 0 Å². The summed E-state index contributed by atoms with van der Waals surface area (Å²) in [4.78, 5) is 0. The first kappa shape index (κ1) is 8.70. The van der Waals surface area contributed by atoms with Gasteiger partial charge >= 0.3 is 0 Å². The van der Waals surface area contributed by atoms with E-state index >= 15 is 0 Å². The lowest BCUT2D eigenvalue weighted by atomic mass is 10.1. The van der Waals surface area contributed by atoms with Gasteiger partial charge < -0.3 is 5.11 Å². The van der Waals surface area contributed by atoms with Gasteiger partial charge in [0.2, 0.25) is 0 Å². The average molecular weight is 127 g/mol. The molecule has 0 saturated heterocycles. The highest BCUT2D eigenvalue weighted by Crippen LogP contribution is 2.01. The molecule has 0 spiro atoms. The third-order valence-corrected chi connectivity index (χ3v) is 1.18. The summed E-state index contributed by atoms with van der Waals surface area (Å²) in [6.45, 7) is 7.59. The minimum absolute atomic E-state index is 0.299. The van der Waals surface area contributed by atoms with Crippen molar-refractivity contribution < 1.29 is 5.11 Å². The Hall–Kier alpha value is -0.300. The fourth-order valence-corrected chi connectivity index (χ4v) is 0.458.